The van der Waals surface area contributed by atoms with E-state index in [9.17, 15) is 9.59 Å². The van der Waals surface area contributed by atoms with Crippen LogP contribution >= 0.6 is 0 Å². The Balaban J connectivity index is 1.42. The molecule has 4 aromatic rings. The van der Waals surface area contributed by atoms with Gasteiger partial charge in [0, 0.05) is 24.7 Å². The summed E-state index contributed by atoms with van der Waals surface area (Å²) < 4.78 is 6.82. The van der Waals surface area contributed by atoms with Crippen LogP contribution in [0.15, 0.2) is 70.0 Å². The maximum Gasteiger partial charge on any atom is 0.326 e. The molecule has 0 atom stereocenters. The number of rotatable bonds is 5. The fourth-order valence-corrected chi connectivity index (χ4v) is 2.82. The Morgan fingerprint density at radius 3 is 2.73 bits per heavy atom. The first-order valence-corrected chi connectivity index (χ1v) is 8.20. The van der Waals surface area contributed by atoms with E-state index in [0.29, 0.717) is 18.8 Å². The zero-order chi connectivity index (χ0) is 17.9. The predicted molar refractivity (Wildman–Crippen MR) is 96.8 cm³/mol. The molecule has 26 heavy (non-hydrogen) atoms. The molecule has 2 aromatic carbocycles. The summed E-state index contributed by atoms with van der Waals surface area (Å²) in [6, 6.07) is 18.5. The topological polar surface area (TPSA) is 92.9 Å². The SMILES string of the molecule is O=C(NCCn1c(=O)[nH]c2ccccc21)c1cc(-c2ccccc2)on1. The number of imidazole rings is 1. The third kappa shape index (κ3) is 3.02. The lowest BCUT2D eigenvalue weighted by Gasteiger charge is -2.04. The van der Waals surface area contributed by atoms with E-state index in [1.165, 1.54) is 0 Å². The molecular formula is C19H16N4O3. The number of para-hydroxylation sites is 2. The maximum absolute atomic E-state index is 12.2. The molecule has 0 bridgehead atoms. The van der Waals surface area contributed by atoms with Crippen LogP contribution in [0.5, 0.6) is 0 Å². The van der Waals surface area contributed by atoms with Crippen LogP contribution in [0.4, 0.5) is 0 Å². The Bertz CT molecular complexity index is 1110. The number of fused-ring (bicyclic) bond motifs is 1. The van der Waals surface area contributed by atoms with Crippen molar-refractivity contribution in [2.45, 2.75) is 6.54 Å². The molecule has 0 spiro atoms. The monoisotopic (exact) mass is 348 g/mol. The van der Waals surface area contributed by atoms with Crippen LogP contribution in [0.1, 0.15) is 10.5 Å². The van der Waals surface area contributed by atoms with Gasteiger partial charge in [0.15, 0.2) is 11.5 Å². The average molecular weight is 348 g/mol. The van der Waals surface area contributed by atoms with Gasteiger partial charge in [-0.3, -0.25) is 9.36 Å². The Morgan fingerprint density at radius 1 is 1.12 bits per heavy atom. The largest absolute Gasteiger partial charge is 0.355 e. The molecular weight excluding hydrogens is 332 g/mol. The number of H-pyrrole nitrogens is 1. The predicted octanol–water partition coefficient (Wildman–Crippen LogP) is 2.41. The van der Waals surface area contributed by atoms with Crippen LogP contribution in [0, 0.1) is 0 Å². The summed E-state index contributed by atoms with van der Waals surface area (Å²) in [4.78, 5) is 27.0. The number of amides is 1. The molecule has 0 saturated carbocycles. The minimum atomic E-state index is -0.344. The van der Waals surface area contributed by atoms with E-state index in [0.717, 1.165) is 16.6 Å². The molecule has 7 heteroatoms. The molecule has 2 N–H and O–H groups in total. The van der Waals surface area contributed by atoms with Crippen molar-refractivity contribution in [1.29, 1.82) is 0 Å². The van der Waals surface area contributed by atoms with Crippen molar-refractivity contribution in [1.82, 2.24) is 20.0 Å². The van der Waals surface area contributed by atoms with E-state index in [2.05, 4.69) is 15.5 Å². The second-order valence-corrected chi connectivity index (χ2v) is 5.80. The molecule has 7 nitrogen and oxygen atoms in total. The van der Waals surface area contributed by atoms with Crippen molar-refractivity contribution in [3.63, 3.8) is 0 Å². The summed E-state index contributed by atoms with van der Waals surface area (Å²) in [5.74, 6) is 0.187. The first kappa shape index (κ1) is 15.9. The molecule has 0 radical (unpaired) electrons. The lowest BCUT2D eigenvalue weighted by Crippen LogP contribution is -2.30. The summed E-state index contributed by atoms with van der Waals surface area (Å²) in [6.45, 7) is 0.659. The van der Waals surface area contributed by atoms with Gasteiger partial charge in [-0.2, -0.15) is 0 Å². The minimum Gasteiger partial charge on any atom is -0.355 e. The highest BCUT2D eigenvalue weighted by Gasteiger charge is 2.13. The van der Waals surface area contributed by atoms with Gasteiger partial charge in [0.05, 0.1) is 11.0 Å². The molecule has 0 aliphatic rings. The fraction of sp³-hybridized carbons (Fsp3) is 0.105. The van der Waals surface area contributed by atoms with Crippen LogP contribution < -0.4 is 11.0 Å². The average Bonchev–Trinajstić information content (AvgIpc) is 3.28. The van der Waals surface area contributed by atoms with Crippen molar-refractivity contribution < 1.29 is 9.32 Å². The van der Waals surface area contributed by atoms with E-state index in [4.69, 9.17) is 4.52 Å². The van der Waals surface area contributed by atoms with Crippen molar-refractivity contribution in [2.75, 3.05) is 6.54 Å². The van der Waals surface area contributed by atoms with Crippen LogP contribution in [0.2, 0.25) is 0 Å². The highest BCUT2D eigenvalue weighted by atomic mass is 16.5. The number of hydrogen-bond acceptors (Lipinski definition) is 4. The second-order valence-electron chi connectivity index (χ2n) is 5.80. The quantitative estimate of drug-likeness (QED) is 0.579. The van der Waals surface area contributed by atoms with E-state index < -0.39 is 0 Å². The molecule has 130 valence electrons. The van der Waals surface area contributed by atoms with Crippen LogP contribution in [-0.2, 0) is 6.54 Å². The minimum absolute atomic E-state index is 0.201. The van der Waals surface area contributed by atoms with Crippen LogP contribution in [-0.4, -0.2) is 27.2 Å². The van der Waals surface area contributed by atoms with Crippen molar-refractivity contribution >= 4 is 16.9 Å². The highest BCUT2D eigenvalue weighted by molar-refractivity contribution is 5.93. The Labute approximate surface area is 148 Å². The van der Waals surface area contributed by atoms with Crippen molar-refractivity contribution in [3.8, 4) is 11.3 Å². The summed E-state index contributed by atoms with van der Waals surface area (Å²) in [5, 5.41) is 6.57. The summed E-state index contributed by atoms with van der Waals surface area (Å²) in [7, 11) is 0. The molecule has 0 aliphatic heterocycles. The zero-order valence-corrected chi connectivity index (χ0v) is 13.8. The van der Waals surface area contributed by atoms with Gasteiger partial charge in [0.1, 0.15) is 0 Å². The third-order valence-corrected chi connectivity index (χ3v) is 4.10. The number of aromatic nitrogens is 3. The first-order valence-electron chi connectivity index (χ1n) is 8.20. The normalized spacial score (nSPS) is 10.9. The van der Waals surface area contributed by atoms with Gasteiger partial charge in [-0.25, -0.2) is 4.79 Å². The van der Waals surface area contributed by atoms with Gasteiger partial charge < -0.3 is 14.8 Å². The van der Waals surface area contributed by atoms with E-state index >= 15 is 0 Å². The number of nitrogens with one attached hydrogen (secondary N) is 2. The Morgan fingerprint density at radius 2 is 1.88 bits per heavy atom. The summed E-state index contributed by atoms with van der Waals surface area (Å²) >= 11 is 0. The molecule has 1 amide bonds. The summed E-state index contributed by atoms with van der Waals surface area (Å²) in [5.41, 5.74) is 2.43. The van der Waals surface area contributed by atoms with Gasteiger partial charge in [-0.15, -0.1) is 0 Å². The van der Waals surface area contributed by atoms with E-state index in [1.807, 2.05) is 54.6 Å². The number of carbonyl (C=O) groups excluding carboxylic acids is 1. The standard InChI is InChI=1S/C19H16N4O3/c24-18(15-12-17(26-22-15)13-6-2-1-3-7-13)20-10-11-23-16-9-5-4-8-14(16)21-19(23)25/h1-9,12H,10-11H2,(H,20,24)(H,21,25). The van der Waals surface area contributed by atoms with E-state index in [1.54, 1.807) is 10.6 Å². The van der Waals surface area contributed by atoms with Gasteiger partial charge in [0.2, 0.25) is 0 Å². The molecule has 0 saturated heterocycles. The molecule has 2 aromatic heterocycles. The molecule has 0 aliphatic carbocycles. The van der Waals surface area contributed by atoms with Gasteiger partial charge in [0.25, 0.3) is 5.91 Å². The number of benzene rings is 2. The summed E-state index contributed by atoms with van der Waals surface area (Å²) in [6.07, 6.45) is 0. The Kier molecular flexibility index (Phi) is 4.10. The van der Waals surface area contributed by atoms with Gasteiger partial charge >= 0.3 is 5.69 Å². The lowest BCUT2D eigenvalue weighted by molar-refractivity contribution is 0.0943. The Hall–Kier alpha value is -3.61. The molecule has 0 fully saturated rings. The van der Waals surface area contributed by atoms with Gasteiger partial charge in [-0.1, -0.05) is 47.6 Å². The highest BCUT2D eigenvalue weighted by Crippen LogP contribution is 2.19. The van der Waals surface area contributed by atoms with Crippen LogP contribution in [0.3, 0.4) is 0 Å². The smallest absolute Gasteiger partial charge is 0.326 e. The number of carbonyl (C=O) groups is 1. The van der Waals surface area contributed by atoms with E-state index in [-0.39, 0.29) is 17.3 Å². The van der Waals surface area contributed by atoms with Crippen LogP contribution in [0.25, 0.3) is 22.4 Å². The molecule has 2 heterocycles. The van der Waals surface area contributed by atoms with Gasteiger partial charge in [-0.05, 0) is 12.1 Å². The second kappa shape index (κ2) is 6.72. The fourth-order valence-electron chi connectivity index (χ4n) is 2.82. The van der Waals surface area contributed by atoms with Crippen molar-refractivity contribution in [3.05, 3.63) is 76.8 Å². The third-order valence-electron chi connectivity index (χ3n) is 4.10. The first-order chi connectivity index (χ1) is 12.7. The lowest BCUT2D eigenvalue weighted by atomic mass is 10.1. The molecule has 4 rings (SSSR count). The molecule has 0 unspecified atom stereocenters. The number of hydrogen-bond donors (Lipinski definition) is 2. The number of aromatic amines is 1. The maximum atomic E-state index is 12.2. The zero-order valence-electron chi connectivity index (χ0n) is 13.8. The number of nitrogens with zero attached hydrogens (tertiary/aromatic N) is 2. The van der Waals surface area contributed by atoms with Crippen molar-refractivity contribution in [2.24, 2.45) is 0 Å².